The van der Waals surface area contributed by atoms with Crippen molar-refractivity contribution in [2.24, 2.45) is 0 Å². The molecule has 0 bridgehead atoms. The fourth-order valence-electron chi connectivity index (χ4n) is 4.39. The van der Waals surface area contributed by atoms with Crippen molar-refractivity contribution in [1.82, 2.24) is 9.80 Å². The van der Waals surface area contributed by atoms with Crippen molar-refractivity contribution in [2.75, 3.05) is 30.9 Å². The first-order valence-corrected chi connectivity index (χ1v) is 12.2. The molecule has 1 atom stereocenters. The number of likely N-dealkylation sites (tertiary alicyclic amines) is 2. The summed E-state index contributed by atoms with van der Waals surface area (Å²) in [6.07, 6.45) is 4.41. The second kappa shape index (κ2) is 8.96. The Kier molecular flexibility index (Phi) is 6.29. The second-order valence-electron chi connectivity index (χ2n) is 8.40. The molecule has 2 aromatic rings. The molecule has 2 aliphatic rings. The van der Waals surface area contributed by atoms with Crippen molar-refractivity contribution in [3.63, 3.8) is 0 Å². The number of nitrogens with zero attached hydrogens (tertiary/aromatic N) is 2. The molecule has 2 aliphatic heterocycles. The minimum atomic E-state index is -3.96. The summed E-state index contributed by atoms with van der Waals surface area (Å²) in [7, 11) is -3.96. The van der Waals surface area contributed by atoms with Crippen LogP contribution in [0.3, 0.4) is 0 Å². The van der Waals surface area contributed by atoms with Gasteiger partial charge in [-0.25, -0.2) is 12.8 Å². The fourth-order valence-corrected chi connectivity index (χ4v) is 5.45. The first-order valence-electron chi connectivity index (χ1n) is 10.8. The van der Waals surface area contributed by atoms with Gasteiger partial charge in [0, 0.05) is 30.4 Å². The molecule has 31 heavy (non-hydrogen) atoms. The zero-order chi connectivity index (χ0) is 22.0. The molecule has 4 rings (SSSR count). The van der Waals surface area contributed by atoms with Gasteiger partial charge in [0.15, 0.2) is 0 Å². The van der Waals surface area contributed by atoms with Crippen molar-refractivity contribution >= 4 is 21.6 Å². The summed E-state index contributed by atoms with van der Waals surface area (Å²) < 4.78 is 41.6. The van der Waals surface area contributed by atoms with Crippen molar-refractivity contribution in [1.29, 1.82) is 0 Å². The number of hydrogen-bond donors (Lipinski definition) is 1. The number of aryl methyl sites for hydroxylation is 1. The molecule has 0 saturated carbocycles. The molecule has 166 valence electrons. The highest BCUT2D eigenvalue weighted by molar-refractivity contribution is 7.92. The molecule has 0 spiro atoms. The second-order valence-corrected chi connectivity index (χ2v) is 10.1. The van der Waals surface area contributed by atoms with Gasteiger partial charge in [0.2, 0.25) is 0 Å². The van der Waals surface area contributed by atoms with Gasteiger partial charge < -0.3 is 9.80 Å². The summed E-state index contributed by atoms with van der Waals surface area (Å²) in [6.45, 7) is 5.38. The maximum Gasteiger partial charge on any atom is 0.261 e. The first-order chi connectivity index (χ1) is 14.8. The molecule has 1 unspecified atom stereocenters. The van der Waals surface area contributed by atoms with E-state index in [0.717, 1.165) is 45.1 Å². The summed E-state index contributed by atoms with van der Waals surface area (Å²) in [5, 5.41) is 0. The number of nitrogens with one attached hydrogen (secondary N) is 1. The van der Waals surface area contributed by atoms with Crippen LogP contribution in [0.4, 0.5) is 10.1 Å². The van der Waals surface area contributed by atoms with E-state index in [9.17, 15) is 17.6 Å². The largest absolute Gasteiger partial charge is 0.334 e. The number of sulfonamides is 1. The zero-order valence-corrected chi connectivity index (χ0v) is 18.5. The third-order valence-electron chi connectivity index (χ3n) is 6.12. The molecule has 8 heteroatoms. The van der Waals surface area contributed by atoms with Crippen LogP contribution < -0.4 is 4.72 Å². The van der Waals surface area contributed by atoms with Gasteiger partial charge in [0.25, 0.3) is 15.9 Å². The van der Waals surface area contributed by atoms with E-state index in [0.29, 0.717) is 11.1 Å². The van der Waals surface area contributed by atoms with Crippen LogP contribution in [0.1, 0.15) is 41.6 Å². The Labute approximate surface area is 183 Å². The highest BCUT2D eigenvalue weighted by Gasteiger charge is 2.31. The van der Waals surface area contributed by atoms with Gasteiger partial charge in [-0.2, -0.15) is 0 Å². The summed E-state index contributed by atoms with van der Waals surface area (Å²) in [4.78, 5) is 17.4. The number of hydrogen-bond acceptors (Lipinski definition) is 4. The molecular weight excluding hydrogens is 417 g/mol. The summed E-state index contributed by atoms with van der Waals surface area (Å²) in [6, 6.07) is 10.5. The minimum Gasteiger partial charge on any atom is -0.334 e. The van der Waals surface area contributed by atoms with Crippen LogP contribution in [0.15, 0.2) is 47.4 Å². The lowest BCUT2D eigenvalue weighted by Gasteiger charge is -2.28. The number of halogens is 1. The van der Waals surface area contributed by atoms with Crippen LogP contribution in [0.25, 0.3) is 0 Å². The Morgan fingerprint density at radius 1 is 1.10 bits per heavy atom. The maximum atomic E-state index is 13.8. The molecule has 2 saturated heterocycles. The number of anilines is 1. The number of amides is 1. The summed E-state index contributed by atoms with van der Waals surface area (Å²) in [5.41, 5.74) is 1.10. The zero-order valence-electron chi connectivity index (χ0n) is 17.7. The van der Waals surface area contributed by atoms with Gasteiger partial charge >= 0.3 is 0 Å². The number of carbonyl (C=O) groups excluding carboxylic acids is 1. The maximum absolute atomic E-state index is 13.8. The van der Waals surface area contributed by atoms with Crippen molar-refractivity contribution < 1.29 is 17.6 Å². The quantitative estimate of drug-likeness (QED) is 0.737. The molecule has 2 fully saturated rings. The third-order valence-corrected chi connectivity index (χ3v) is 7.50. The standard InChI is InChI=1S/C23H28FN3O3S/c1-17-9-10-21(15-22(17)24)31(29,30)25-19-7-4-6-18(14-19)23(28)27-13-5-8-20(27)16-26-11-2-3-12-26/h4,6-7,9-10,14-15,20,25H,2-3,5,8,11-13,16H2,1H3. The normalized spacial score (nSPS) is 19.7. The van der Waals surface area contributed by atoms with Crippen LogP contribution in [0, 0.1) is 12.7 Å². The van der Waals surface area contributed by atoms with Crippen molar-refractivity contribution in [3.8, 4) is 0 Å². The van der Waals surface area contributed by atoms with Gasteiger partial charge in [-0.05, 0) is 81.6 Å². The Hall–Kier alpha value is -2.45. The van der Waals surface area contributed by atoms with Crippen LogP contribution in [-0.2, 0) is 10.0 Å². The Morgan fingerprint density at radius 2 is 1.87 bits per heavy atom. The van der Waals surface area contributed by atoms with E-state index in [-0.39, 0.29) is 22.5 Å². The average molecular weight is 446 g/mol. The average Bonchev–Trinajstić information content (AvgIpc) is 3.42. The Balaban J connectivity index is 1.49. The Bertz CT molecular complexity index is 1070. The first kappa shape index (κ1) is 21.8. The molecule has 6 nitrogen and oxygen atoms in total. The molecular formula is C23H28FN3O3S. The number of benzene rings is 2. The van der Waals surface area contributed by atoms with Gasteiger partial charge in [-0.1, -0.05) is 12.1 Å². The predicted octanol–water partition coefficient (Wildman–Crippen LogP) is 3.64. The van der Waals surface area contributed by atoms with Crippen molar-refractivity contribution in [2.45, 2.75) is 43.5 Å². The molecule has 2 aromatic carbocycles. The lowest BCUT2D eigenvalue weighted by atomic mass is 10.1. The van der Waals surface area contributed by atoms with Crippen LogP contribution >= 0.6 is 0 Å². The Morgan fingerprint density at radius 3 is 2.61 bits per heavy atom. The van der Waals surface area contributed by atoms with Crippen LogP contribution in [0.2, 0.25) is 0 Å². The highest BCUT2D eigenvalue weighted by Crippen LogP contribution is 2.24. The van der Waals surface area contributed by atoms with E-state index in [2.05, 4.69) is 9.62 Å². The number of carbonyl (C=O) groups is 1. The van der Waals surface area contributed by atoms with E-state index in [1.54, 1.807) is 31.2 Å². The topological polar surface area (TPSA) is 69.7 Å². The summed E-state index contributed by atoms with van der Waals surface area (Å²) in [5.74, 6) is -0.658. The van der Waals surface area contributed by atoms with Gasteiger partial charge in [-0.15, -0.1) is 0 Å². The van der Waals surface area contributed by atoms with Gasteiger partial charge in [0.05, 0.1) is 4.90 Å². The lowest BCUT2D eigenvalue weighted by Crippen LogP contribution is -2.42. The lowest BCUT2D eigenvalue weighted by molar-refractivity contribution is 0.0709. The summed E-state index contributed by atoms with van der Waals surface area (Å²) >= 11 is 0. The minimum absolute atomic E-state index is 0.0795. The van der Waals surface area contributed by atoms with Gasteiger partial charge in [-0.3, -0.25) is 9.52 Å². The smallest absolute Gasteiger partial charge is 0.261 e. The van der Waals surface area contributed by atoms with E-state index < -0.39 is 15.8 Å². The van der Waals surface area contributed by atoms with E-state index in [1.165, 1.54) is 25.0 Å². The van der Waals surface area contributed by atoms with E-state index >= 15 is 0 Å². The molecule has 1 N–H and O–H groups in total. The van der Waals surface area contributed by atoms with Crippen molar-refractivity contribution in [3.05, 3.63) is 59.4 Å². The number of rotatable bonds is 6. The van der Waals surface area contributed by atoms with Crippen LogP contribution in [-0.4, -0.2) is 56.3 Å². The predicted molar refractivity (Wildman–Crippen MR) is 118 cm³/mol. The SMILES string of the molecule is Cc1ccc(S(=O)(=O)Nc2cccc(C(=O)N3CCCC3CN3CCCC3)c2)cc1F. The monoisotopic (exact) mass is 445 g/mol. The molecule has 1 amide bonds. The highest BCUT2D eigenvalue weighted by atomic mass is 32.2. The molecule has 0 aromatic heterocycles. The van der Waals surface area contributed by atoms with E-state index in [4.69, 9.17) is 0 Å². The molecule has 2 heterocycles. The van der Waals surface area contributed by atoms with Crippen LogP contribution in [0.5, 0.6) is 0 Å². The third kappa shape index (κ3) is 4.91. The van der Waals surface area contributed by atoms with E-state index in [1.807, 2.05) is 4.90 Å². The van der Waals surface area contributed by atoms with Gasteiger partial charge in [0.1, 0.15) is 5.82 Å². The molecule has 0 aliphatic carbocycles. The fraction of sp³-hybridized carbons (Fsp3) is 0.435. The molecule has 0 radical (unpaired) electrons.